The Labute approximate surface area is 124 Å². The number of halogens is 2. The Morgan fingerprint density at radius 2 is 2.00 bits per heavy atom. The number of rotatable bonds is 6. The van der Waals surface area contributed by atoms with Crippen molar-refractivity contribution in [1.29, 1.82) is 0 Å². The van der Waals surface area contributed by atoms with Crippen molar-refractivity contribution in [2.24, 2.45) is 11.1 Å². The van der Waals surface area contributed by atoms with Crippen molar-refractivity contribution < 1.29 is 12.8 Å². The fourth-order valence-electron chi connectivity index (χ4n) is 1.46. The molecule has 7 heteroatoms. The van der Waals surface area contributed by atoms with E-state index in [1.807, 2.05) is 20.8 Å². The van der Waals surface area contributed by atoms with Gasteiger partial charge in [0.15, 0.2) is 0 Å². The predicted octanol–water partition coefficient (Wildman–Crippen LogP) is 2.65. The SMILES string of the molecule is CCC(C)(C)CNS(=O)(=O)c1cc(Cl)cc(CN)c1F. The van der Waals surface area contributed by atoms with Gasteiger partial charge in [-0.1, -0.05) is 32.4 Å². The van der Waals surface area contributed by atoms with Gasteiger partial charge in [0.05, 0.1) is 0 Å². The first-order chi connectivity index (χ1) is 9.13. The van der Waals surface area contributed by atoms with E-state index in [0.717, 1.165) is 12.5 Å². The first kappa shape index (κ1) is 17.4. The van der Waals surface area contributed by atoms with E-state index in [-0.39, 0.29) is 29.1 Å². The molecule has 0 unspecified atom stereocenters. The van der Waals surface area contributed by atoms with Crippen LogP contribution in [0.3, 0.4) is 0 Å². The molecule has 1 aromatic rings. The van der Waals surface area contributed by atoms with Crippen LogP contribution in [0, 0.1) is 11.2 Å². The van der Waals surface area contributed by atoms with Gasteiger partial charge in [-0.15, -0.1) is 0 Å². The van der Waals surface area contributed by atoms with Crippen molar-refractivity contribution in [3.8, 4) is 0 Å². The average Bonchev–Trinajstić information content (AvgIpc) is 2.39. The zero-order chi connectivity index (χ0) is 15.6. The van der Waals surface area contributed by atoms with Crippen LogP contribution in [0.1, 0.15) is 32.8 Å². The zero-order valence-corrected chi connectivity index (χ0v) is 13.4. The van der Waals surface area contributed by atoms with Gasteiger partial charge in [0.2, 0.25) is 10.0 Å². The van der Waals surface area contributed by atoms with Gasteiger partial charge in [-0.05, 0) is 24.0 Å². The summed E-state index contributed by atoms with van der Waals surface area (Å²) < 4.78 is 40.9. The molecule has 0 fully saturated rings. The molecule has 0 aliphatic rings. The number of nitrogens with two attached hydrogens (primary N) is 1. The molecule has 0 aliphatic heterocycles. The van der Waals surface area contributed by atoms with E-state index in [1.165, 1.54) is 6.07 Å². The first-order valence-electron chi connectivity index (χ1n) is 6.30. The third-order valence-corrected chi connectivity index (χ3v) is 4.91. The summed E-state index contributed by atoms with van der Waals surface area (Å²) in [6.45, 7) is 5.91. The minimum atomic E-state index is -3.95. The van der Waals surface area contributed by atoms with Gasteiger partial charge in [0.25, 0.3) is 0 Å². The number of nitrogens with one attached hydrogen (secondary N) is 1. The van der Waals surface area contributed by atoms with Crippen molar-refractivity contribution in [2.75, 3.05) is 6.54 Å². The summed E-state index contributed by atoms with van der Waals surface area (Å²) in [6.07, 6.45) is 0.793. The van der Waals surface area contributed by atoms with E-state index < -0.39 is 20.7 Å². The second-order valence-corrected chi connectivity index (χ2v) is 7.60. The first-order valence-corrected chi connectivity index (χ1v) is 8.16. The summed E-state index contributed by atoms with van der Waals surface area (Å²) >= 11 is 5.81. The molecule has 0 bridgehead atoms. The largest absolute Gasteiger partial charge is 0.326 e. The fourth-order valence-corrected chi connectivity index (χ4v) is 3.15. The van der Waals surface area contributed by atoms with Gasteiger partial charge in [-0.25, -0.2) is 17.5 Å². The minimum Gasteiger partial charge on any atom is -0.326 e. The van der Waals surface area contributed by atoms with Crippen LogP contribution in [-0.4, -0.2) is 15.0 Å². The predicted molar refractivity (Wildman–Crippen MR) is 78.6 cm³/mol. The minimum absolute atomic E-state index is 0.0765. The molecular weight excluding hydrogens is 303 g/mol. The molecular formula is C13H20ClFN2O2S. The second kappa shape index (κ2) is 6.39. The highest BCUT2D eigenvalue weighted by Crippen LogP contribution is 2.25. The third kappa shape index (κ3) is 4.15. The Balaban J connectivity index is 3.13. The number of hydrogen-bond acceptors (Lipinski definition) is 3. The molecule has 0 heterocycles. The maximum Gasteiger partial charge on any atom is 0.243 e. The van der Waals surface area contributed by atoms with Gasteiger partial charge < -0.3 is 5.73 Å². The van der Waals surface area contributed by atoms with Gasteiger partial charge in [0.1, 0.15) is 10.7 Å². The molecule has 0 amide bonds. The van der Waals surface area contributed by atoms with Crippen molar-refractivity contribution in [2.45, 2.75) is 38.6 Å². The van der Waals surface area contributed by atoms with Crippen molar-refractivity contribution >= 4 is 21.6 Å². The zero-order valence-electron chi connectivity index (χ0n) is 11.8. The number of benzene rings is 1. The lowest BCUT2D eigenvalue weighted by molar-refractivity contribution is 0.350. The van der Waals surface area contributed by atoms with E-state index in [1.54, 1.807) is 0 Å². The van der Waals surface area contributed by atoms with E-state index >= 15 is 0 Å². The molecule has 0 aliphatic carbocycles. The van der Waals surface area contributed by atoms with Crippen LogP contribution in [-0.2, 0) is 16.6 Å². The summed E-state index contributed by atoms with van der Waals surface area (Å²) in [5.41, 5.74) is 5.25. The van der Waals surface area contributed by atoms with Crippen LogP contribution in [0.5, 0.6) is 0 Å². The number of hydrogen-bond donors (Lipinski definition) is 2. The molecule has 1 rings (SSSR count). The van der Waals surface area contributed by atoms with Crippen LogP contribution in [0.15, 0.2) is 17.0 Å². The highest BCUT2D eigenvalue weighted by molar-refractivity contribution is 7.89. The van der Waals surface area contributed by atoms with E-state index in [4.69, 9.17) is 17.3 Å². The van der Waals surface area contributed by atoms with Crippen LogP contribution >= 0.6 is 11.6 Å². The van der Waals surface area contributed by atoms with E-state index in [9.17, 15) is 12.8 Å². The Morgan fingerprint density at radius 1 is 1.40 bits per heavy atom. The summed E-state index contributed by atoms with van der Waals surface area (Å²) in [4.78, 5) is -0.461. The van der Waals surface area contributed by atoms with Crippen LogP contribution < -0.4 is 10.5 Å². The Hall–Kier alpha value is -0.690. The fraction of sp³-hybridized carbons (Fsp3) is 0.538. The Kier molecular flexibility index (Phi) is 5.54. The highest BCUT2D eigenvalue weighted by atomic mass is 35.5. The molecule has 0 spiro atoms. The van der Waals surface area contributed by atoms with Crippen LogP contribution in [0.25, 0.3) is 0 Å². The monoisotopic (exact) mass is 322 g/mol. The molecule has 0 radical (unpaired) electrons. The molecule has 4 nitrogen and oxygen atoms in total. The Morgan fingerprint density at radius 3 is 2.50 bits per heavy atom. The molecule has 20 heavy (non-hydrogen) atoms. The molecule has 0 saturated carbocycles. The lowest BCUT2D eigenvalue weighted by atomic mass is 9.91. The molecule has 1 aromatic carbocycles. The van der Waals surface area contributed by atoms with Gasteiger partial charge >= 0.3 is 0 Å². The Bertz CT molecular complexity index is 588. The number of sulfonamides is 1. The van der Waals surface area contributed by atoms with Crippen molar-refractivity contribution in [3.63, 3.8) is 0 Å². The average molecular weight is 323 g/mol. The van der Waals surface area contributed by atoms with E-state index in [0.29, 0.717) is 0 Å². The molecule has 0 aromatic heterocycles. The quantitative estimate of drug-likeness (QED) is 0.845. The molecule has 0 atom stereocenters. The topological polar surface area (TPSA) is 72.2 Å². The molecule has 3 N–H and O–H groups in total. The lowest BCUT2D eigenvalue weighted by Gasteiger charge is -2.23. The van der Waals surface area contributed by atoms with Crippen LogP contribution in [0.2, 0.25) is 5.02 Å². The summed E-state index contributed by atoms with van der Waals surface area (Å²) in [7, 11) is -3.95. The van der Waals surface area contributed by atoms with Gasteiger partial charge in [0, 0.05) is 23.7 Å². The highest BCUT2D eigenvalue weighted by Gasteiger charge is 2.25. The van der Waals surface area contributed by atoms with Gasteiger partial charge in [-0.3, -0.25) is 0 Å². The maximum absolute atomic E-state index is 14.1. The van der Waals surface area contributed by atoms with Crippen molar-refractivity contribution in [3.05, 3.63) is 28.5 Å². The standard InChI is InChI=1S/C13H20ClFN2O2S/c1-4-13(2,3)8-17-20(18,19)11-6-10(14)5-9(7-16)12(11)15/h5-6,17H,4,7-8,16H2,1-3H3. The van der Waals surface area contributed by atoms with Crippen molar-refractivity contribution in [1.82, 2.24) is 4.72 Å². The summed E-state index contributed by atoms with van der Waals surface area (Å²) in [6, 6.07) is 2.42. The molecule has 114 valence electrons. The normalized spacial score (nSPS) is 12.7. The summed E-state index contributed by atoms with van der Waals surface area (Å²) in [5.74, 6) is -0.848. The third-order valence-electron chi connectivity index (χ3n) is 3.29. The van der Waals surface area contributed by atoms with Gasteiger partial charge in [-0.2, -0.15) is 0 Å². The van der Waals surface area contributed by atoms with Crippen LogP contribution in [0.4, 0.5) is 4.39 Å². The maximum atomic E-state index is 14.1. The lowest BCUT2D eigenvalue weighted by Crippen LogP contribution is -2.34. The smallest absolute Gasteiger partial charge is 0.243 e. The molecule has 0 saturated heterocycles. The van der Waals surface area contributed by atoms with E-state index in [2.05, 4.69) is 4.72 Å². The second-order valence-electron chi connectivity index (χ2n) is 5.42. The summed E-state index contributed by atoms with van der Waals surface area (Å²) in [5, 5.41) is 0.141.